The van der Waals surface area contributed by atoms with Gasteiger partial charge in [-0.2, -0.15) is 0 Å². The SMILES string of the molecule is CS(=O)(=O)N(CC(=O)NCC1COc2ccccc2O1)c1cccc([N+](=O)[O-])c1. The predicted molar refractivity (Wildman–Crippen MR) is 105 cm³/mol. The van der Waals surface area contributed by atoms with E-state index in [1.54, 1.807) is 18.2 Å². The molecule has 0 saturated heterocycles. The van der Waals surface area contributed by atoms with E-state index in [9.17, 15) is 23.3 Å². The number of nitro groups is 1. The topological polar surface area (TPSA) is 128 Å². The molecule has 1 atom stereocenters. The van der Waals surface area contributed by atoms with Gasteiger partial charge in [0.2, 0.25) is 15.9 Å². The van der Waals surface area contributed by atoms with Crippen LogP contribution in [0.4, 0.5) is 11.4 Å². The molecular formula is C18H19N3O7S. The van der Waals surface area contributed by atoms with Gasteiger partial charge in [0, 0.05) is 12.1 Å². The number of fused-ring (bicyclic) bond motifs is 1. The minimum atomic E-state index is -3.84. The fourth-order valence-corrected chi connectivity index (χ4v) is 3.59. The predicted octanol–water partition coefficient (Wildman–Crippen LogP) is 1.32. The van der Waals surface area contributed by atoms with E-state index in [1.807, 2.05) is 6.07 Å². The largest absolute Gasteiger partial charge is 0.486 e. The normalized spacial score (nSPS) is 15.4. The molecule has 11 heteroatoms. The Hall–Kier alpha value is -3.34. The maximum absolute atomic E-state index is 12.3. The molecule has 2 aromatic carbocycles. The van der Waals surface area contributed by atoms with Crippen LogP contribution in [0.2, 0.25) is 0 Å². The lowest BCUT2D eigenvalue weighted by atomic mass is 10.2. The summed E-state index contributed by atoms with van der Waals surface area (Å²) in [5.74, 6) is 0.598. The van der Waals surface area contributed by atoms with Crippen molar-refractivity contribution >= 4 is 27.3 Å². The lowest BCUT2D eigenvalue weighted by Crippen LogP contribution is -2.45. The van der Waals surface area contributed by atoms with Crippen LogP contribution in [0, 0.1) is 10.1 Å². The van der Waals surface area contributed by atoms with Gasteiger partial charge in [0.25, 0.3) is 5.69 Å². The van der Waals surface area contributed by atoms with Crippen LogP contribution in [0.15, 0.2) is 48.5 Å². The number of hydrogen-bond donors (Lipinski definition) is 1. The molecule has 0 saturated carbocycles. The number of non-ortho nitro benzene ring substituents is 1. The van der Waals surface area contributed by atoms with E-state index >= 15 is 0 Å². The molecule has 0 bridgehead atoms. The van der Waals surface area contributed by atoms with E-state index in [0.717, 1.165) is 16.6 Å². The lowest BCUT2D eigenvalue weighted by Gasteiger charge is -2.27. The summed E-state index contributed by atoms with van der Waals surface area (Å²) in [6.45, 7) is -0.179. The number of nitrogens with one attached hydrogen (secondary N) is 1. The molecule has 1 unspecified atom stereocenters. The molecule has 1 heterocycles. The fraction of sp³-hybridized carbons (Fsp3) is 0.278. The molecular weight excluding hydrogens is 402 g/mol. The van der Waals surface area contributed by atoms with Gasteiger partial charge in [0.15, 0.2) is 11.5 Å². The average Bonchev–Trinajstić information content (AvgIpc) is 2.69. The molecule has 10 nitrogen and oxygen atoms in total. The van der Waals surface area contributed by atoms with E-state index in [0.29, 0.717) is 11.5 Å². The number of amides is 1. The van der Waals surface area contributed by atoms with Gasteiger partial charge in [-0.3, -0.25) is 19.2 Å². The highest BCUT2D eigenvalue weighted by molar-refractivity contribution is 7.92. The second-order valence-electron chi connectivity index (χ2n) is 6.35. The van der Waals surface area contributed by atoms with Crippen LogP contribution in [0.3, 0.4) is 0 Å². The number of carbonyl (C=O) groups excluding carboxylic acids is 1. The van der Waals surface area contributed by atoms with Crippen LogP contribution in [0.1, 0.15) is 0 Å². The number of anilines is 1. The molecule has 0 aliphatic carbocycles. The third-order valence-electron chi connectivity index (χ3n) is 4.11. The van der Waals surface area contributed by atoms with Crippen LogP contribution < -0.4 is 19.1 Å². The van der Waals surface area contributed by atoms with Gasteiger partial charge in [-0.1, -0.05) is 18.2 Å². The van der Waals surface area contributed by atoms with Crippen LogP contribution >= 0.6 is 0 Å². The van der Waals surface area contributed by atoms with Gasteiger partial charge in [-0.15, -0.1) is 0 Å². The van der Waals surface area contributed by atoms with E-state index in [-0.39, 0.29) is 24.5 Å². The lowest BCUT2D eigenvalue weighted by molar-refractivity contribution is -0.384. The number of sulfonamides is 1. The molecule has 1 amide bonds. The van der Waals surface area contributed by atoms with Crippen molar-refractivity contribution in [3.05, 3.63) is 58.6 Å². The third-order valence-corrected chi connectivity index (χ3v) is 5.25. The Balaban J connectivity index is 1.64. The zero-order valence-electron chi connectivity index (χ0n) is 15.5. The summed E-state index contributed by atoms with van der Waals surface area (Å²) in [7, 11) is -3.84. The first-order valence-corrected chi connectivity index (χ1v) is 10.5. The highest BCUT2D eigenvalue weighted by Gasteiger charge is 2.25. The second kappa shape index (κ2) is 8.35. The van der Waals surface area contributed by atoms with E-state index in [1.165, 1.54) is 18.2 Å². The molecule has 0 aromatic heterocycles. The molecule has 1 aliphatic heterocycles. The first-order valence-electron chi connectivity index (χ1n) is 8.61. The summed E-state index contributed by atoms with van der Waals surface area (Å²) in [5.41, 5.74) is -0.244. The second-order valence-corrected chi connectivity index (χ2v) is 8.26. The van der Waals surface area contributed by atoms with Crippen molar-refractivity contribution in [3.63, 3.8) is 0 Å². The summed E-state index contributed by atoms with van der Waals surface area (Å²) < 4.78 is 36.4. The molecule has 3 rings (SSSR count). The molecule has 0 fully saturated rings. The van der Waals surface area contributed by atoms with Gasteiger partial charge in [-0.05, 0) is 18.2 Å². The Morgan fingerprint density at radius 1 is 1.24 bits per heavy atom. The Bertz CT molecular complexity index is 1030. The summed E-state index contributed by atoms with van der Waals surface area (Å²) in [6, 6.07) is 12.2. The summed E-state index contributed by atoms with van der Waals surface area (Å²) >= 11 is 0. The van der Waals surface area contributed by atoms with E-state index in [4.69, 9.17) is 9.47 Å². The molecule has 154 valence electrons. The Morgan fingerprint density at radius 2 is 1.97 bits per heavy atom. The van der Waals surface area contributed by atoms with Crippen LogP contribution in [-0.2, 0) is 14.8 Å². The first kappa shape index (κ1) is 20.4. The van der Waals surface area contributed by atoms with Crippen molar-refractivity contribution in [2.45, 2.75) is 6.10 Å². The first-order chi connectivity index (χ1) is 13.7. The molecule has 1 N–H and O–H groups in total. The zero-order chi connectivity index (χ0) is 21.0. The minimum absolute atomic E-state index is 0.0306. The molecule has 0 radical (unpaired) electrons. The summed E-state index contributed by atoms with van der Waals surface area (Å²) in [5, 5.41) is 13.6. The number of carbonyl (C=O) groups is 1. The number of benzene rings is 2. The Labute approximate surface area is 167 Å². The number of nitro benzene ring substituents is 1. The number of ether oxygens (including phenoxy) is 2. The standard InChI is InChI=1S/C18H19N3O7S/c1-29(25,26)20(13-5-4-6-14(9-13)21(23)24)11-18(22)19-10-15-12-27-16-7-2-3-8-17(16)28-15/h2-9,15H,10-12H2,1H3,(H,19,22). The average molecular weight is 421 g/mol. The van der Waals surface area contributed by atoms with Crippen molar-refractivity contribution in [1.29, 1.82) is 0 Å². The van der Waals surface area contributed by atoms with Crippen molar-refractivity contribution in [1.82, 2.24) is 5.32 Å². The molecule has 2 aromatic rings. The molecule has 1 aliphatic rings. The van der Waals surface area contributed by atoms with Gasteiger partial charge in [0.1, 0.15) is 19.3 Å². The summed E-state index contributed by atoms with van der Waals surface area (Å²) in [6.07, 6.45) is 0.493. The van der Waals surface area contributed by atoms with Crippen LogP contribution in [0.25, 0.3) is 0 Å². The highest BCUT2D eigenvalue weighted by Crippen LogP contribution is 2.30. The fourth-order valence-electron chi connectivity index (χ4n) is 2.74. The van der Waals surface area contributed by atoms with Gasteiger partial charge < -0.3 is 14.8 Å². The maximum Gasteiger partial charge on any atom is 0.271 e. The maximum atomic E-state index is 12.3. The quantitative estimate of drug-likeness (QED) is 0.527. The molecule has 0 spiro atoms. The Morgan fingerprint density at radius 3 is 2.66 bits per heavy atom. The number of rotatable bonds is 7. The van der Waals surface area contributed by atoms with Gasteiger partial charge in [-0.25, -0.2) is 8.42 Å². The number of hydrogen-bond acceptors (Lipinski definition) is 7. The van der Waals surface area contributed by atoms with E-state index < -0.39 is 33.5 Å². The zero-order valence-corrected chi connectivity index (χ0v) is 16.3. The summed E-state index contributed by atoms with van der Waals surface area (Å²) in [4.78, 5) is 22.6. The van der Waals surface area contributed by atoms with Gasteiger partial charge >= 0.3 is 0 Å². The Kier molecular flexibility index (Phi) is 5.87. The monoisotopic (exact) mass is 421 g/mol. The number of nitrogens with zero attached hydrogens (tertiary/aromatic N) is 2. The van der Waals surface area contributed by atoms with Crippen LogP contribution in [-0.4, -0.2) is 51.3 Å². The third kappa shape index (κ3) is 5.13. The highest BCUT2D eigenvalue weighted by atomic mass is 32.2. The van der Waals surface area contributed by atoms with Crippen molar-refractivity contribution in [2.24, 2.45) is 0 Å². The smallest absolute Gasteiger partial charge is 0.271 e. The van der Waals surface area contributed by atoms with Crippen molar-refractivity contribution < 1.29 is 27.6 Å². The van der Waals surface area contributed by atoms with Crippen LogP contribution in [0.5, 0.6) is 11.5 Å². The molecule has 29 heavy (non-hydrogen) atoms. The van der Waals surface area contributed by atoms with Gasteiger partial charge in [0.05, 0.1) is 23.4 Å². The van der Waals surface area contributed by atoms with Crippen molar-refractivity contribution in [3.8, 4) is 11.5 Å². The minimum Gasteiger partial charge on any atom is -0.486 e. The number of para-hydroxylation sites is 2. The van der Waals surface area contributed by atoms with E-state index in [2.05, 4.69) is 5.32 Å². The van der Waals surface area contributed by atoms with Crippen molar-refractivity contribution in [2.75, 3.05) is 30.3 Å².